The van der Waals surface area contributed by atoms with Crippen molar-refractivity contribution >= 4 is 21.7 Å². The largest absolute Gasteiger partial charge is 0.388 e. The number of hydrogen-bond acceptors (Lipinski definition) is 4. The van der Waals surface area contributed by atoms with E-state index in [-0.39, 0.29) is 6.04 Å². The fourth-order valence-corrected chi connectivity index (χ4v) is 1.71. The highest BCUT2D eigenvalue weighted by Gasteiger charge is 2.26. The first-order valence-electron chi connectivity index (χ1n) is 4.81. The first kappa shape index (κ1) is 10.9. The minimum absolute atomic E-state index is 0.0573. The average Bonchev–Trinajstić information content (AvgIpc) is 2.59. The summed E-state index contributed by atoms with van der Waals surface area (Å²) < 4.78 is 6.13. The molecule has 2 atom stereocenters. The van der Waals surface area contributed by atoms with Gasteiger partial charge in [0.2, 0.25) is 0 Å². The minimum atomic E-state index is -0.448. The zero-order valence-electron chi connectivity index (χ0n) is 8.40. The monoisotopic (exact) mass is 272 g/mol. The summed E-state index contributed by atoms with van der Waals surface area (Å²) in [6.45, 7) is 2.92. The quantitative estimate of drug-likeness (QED) is 0.853. The first-order chi connectivity index (χ1) is 7.16. The van der Waals surface area contributed by atoms with Crippen LogP contribution in [-0.2, 0) is 4.74 Å². The molecule has 0 aliphatic carbocycles. The molecule has 0 amide bonds. The van der Waals surface area contributed by atoms with Gasteiger partial charge in [0.1, 0.15) is 5.82 Å². The topological polar surface area (TPSA) is 54.4 Å². The third-order valence-electron chi connectivity index (χ3n) is 2.43. The van der Waals surface area contributed by atoms with Crippen molar-refractivity contribution < 1.29 is 9.84 Å². The molecule has 82 valence electrons. The second-order valence-corrected chi connectivity index (χ2v) is 4.53. The van der Waals surface area contributed by atoms with Crippen LogP contribution in [0.5, 0.6) is 0 Å². The number of halogens is 1. The molecular weight excluding hydrogens is 260 g/mol. The SMILES string of the molecule is Cc1cc(N[C@@H]2COC[C@H]2O)ncc1Br. The van der Waals surface area contributed by atoms with Crippen LogP contribution in [-0.4, -0.2) is 35.5 Å². The van der Waals surface area contributed by atoms with Gasteiger partial charge in [-0.15, -0.1) is 0 Å². The lowest BCUT2D eigenvalue weighted by Gasteiger charge is -2.15. The van der Waals surface area contributed by atoms with E-state index in [2.05, 4.69) is 26.2 Å². The molecule has 2 rings (SSSR count). The Balaban J connectivity index is 2.07. The van der Waals surface area contributed by atoms with E-state index < -0.39 is 6.10 Å². The predicted octanol–water partition coefficient (Wildman–Crippen LogP) is 1.32. The van der Waals surface area contributed by atoms with Gasteiger partial charge >= 0.3 is 0 Å². The number of aliphatic hydroxyl groups is 1. The van der Waals surface area contributed by atoms with Crippen LogP contribution in [0.3, 0.4) is 0 Å². The van der Waals surface area contributed by atoms with Gasteiger partial charge in [-0.05, 0) is 34.5 Å². The van der Waals surface area contributed by atoms with Crippen LogP contribution in [0.1, 0.15) is 5.56 Å². The molecule has 0 aromatic carbocycles. The number of nitrogens with zero attached hydrogens (tertiary/aromatic N) is 1. The highest BCUT2D eigenvalue weighted by molar-refractivity contribution is 9.10. The lowest BCUT2D eigenvalue weighted by atomic mass is 10.2. The number of aromatic nitrogens is 1. The molecule has 0 spiro atoms. The lowest BCUT2D eigenvalue weighted by Crippen LogP contribution is -2.32. The van der Waals surface area contributed by atoms with E-state index in [1.807, 2.05) is 13.0 Å². The summed E-state index contributed by atoms with van der Waals surface area (Å²) in [4.78, 5) is 4.21. The number of aliphatic hydroxyl groups excluding tert-OH is 1. The maximum absolute atomic E-state index is 9.55. The van der Waals surface area contributed by atoms with Crippen LogP contribution >= 0.6 is 15.9 Å². The smallest absolute Gasteiger partial charge is 0.126 e. The van der Waals surface area contributed by atoms with Gasteiger partial charge in [0.15, 0.2) is 0 Å². The van der Waals surface area contributed by atoms with Crippen molar-refractivity contribution in [3.8, 4) is 0 Å². The fourth-order valence-electron chi connectivity index (χ4n) is 1.49. The zero-order chi connectivity index (χ0) is 10.8. The van der Waals surface area contributed by atoms with Gasteiger partial charge in [0.05, 0.1) is 25.4 Å². The molecular formula is C10H13BrN2O2. The van der Waals surface area contributed by atoms with Gasteiger partial charge in [0, 0.05) is 10.7 Å². The second-order valence-electron chi connectivity index (χ2n) is 3.67. The Labute approximate surface area is 96.8 Å². The highest BCUT2D eigenvalue weighted by Crippen LogP contribution is 2.19. The van der Waals surface area contributed by atoms with Crippen molar-refractivity contribution in [3.05, 3.63) is 22.3 Å². The molecule has 1 saturated heterocycles. The van der Waals surface area contributed by atoms with Crippen LogP contribution < -0.4 is 5.32 Å². The van der Waals surface area contributed by atoms with Crippen LogP contribution in [0.25, 0.3) is 0 Å². The molecule has 0 radical (unpaired) electrons. The molecule has 15 heavy (non-hydrogen) atoms. The Morgan fingerprint density at radius 1 is 1.60 bits per heavy atom. The second kappa shape index (κ2) is 4.47. The van der Waals surface area contributed by atoms with E-state index >= 15 is 0 Å². The summed E-state index contributed by atoms with van der Waals surface area (Å²) in [6.07, 6.45) is 1.30. The Bertz CT molecular complexity index is 359. The molecule has 2 N–H and O–H groups in total. The van der Waals surface area contributed by atoms with Crippen molar-refractivity contribution in [1.82, 2.24) is 4.98 Å². The summed E-state index contributed by atoms with van der Waals surface area (Å²) in [5, 5.41) is 12.7. The lowest BCUT2D eigenvalue weighted by molar-refractivity contribution is 0.125. The van der Waals surface area contributed by atoms with E-state index in [4.69, 9.17) is 4.74 Å². The summed E-state index contributed by atoms with van der Waals surface area (Å²) in [5.41, 5.74) is 1.11. The first-order valence-corrected chi connectivity index (χ1v) is 5.60. The van der Waals surface area contributed by atoms with Gasteiger partial charge < -0.3 is 15.2 Å². The Morgan fingerprint density at radius 3 is 3.00 bits per heavy atom. The minimum Gasteiger partial charge on any atom is -0.388 e. The number of rotatable bonds is 2. The molecule has 2 heterocycles. The molecule has 0 bridgehead atoms. The molecule has 1 fully saturated rings. The van der Waals surface area contributed by atoms with Gasteiger partial charge in [-0.1, -0.05) is 0 Å². The third kappa shape index (κ3) is 2.48. The normalized spacial score (nSPS) is 25.5. The van der Waals surface area contributed by atoms with Crippen LogP contribution in [0.4, 0.5) is 5.82 Å². The van der Waals surface area contributed by atoms with Gasteiger partial charge in [-0.3, -0.25) is 0 Å². The Hall–Kier alpha value is -0.650. The molecule has 5 heteroatoms. The van der Waals surface area contributed by atoms with Crippen molar-refractivity contribution in [1.29, 1.82) is 0 Å². The summed E-state index contributed by atoms with van der Waals surface area (Å²) in [5.74, 6) is 0.769. The molecule has 1 aromatic rings. The molecule has 0 saturated carbocycles. The van der Waals surface area contributed by atoms with E-state index in [0.29, 0.717) is 13.2 Å². The van der Waals surface area contributed by atoms with E-state index in [9.17, 15) is 5.11 Å². The standard InChI is InChI=1S/C10H13BrN2O2/c1-6-2-10(12-3-7(6)11)13-8-4-15-5-9(8)14/h2-3,8-9,14H,4-5H2,1H3,(H,12,13)/t8-,9-/m1/s1. The zero-order valence-corrected chi connectivity index (χ0v) is 9.99. The predicted molar refractivity (Wildman–Crippen MR) is 60.9 cm³/mol. The van der Waals surface area contributed by atoms with Crippen molar-refractivity contribution in [2.45, 2.75) is 19.1 Å². The molecule has 1 aromatic heterocycles. The number of anilines is 1. The van der Waals surface area contributed by atoms with Crippen molar-refractivity contribution in [3.63, 3.8) is 0 Å². The summed E-state index contributed by atoms with van der Waals surface area (Å²) in [6, 6.07) is 1.88. The van der Waals surface area contributed by atoms with E-state index in [1.165, 1.54) is 0 Å². The number of aryl methyl sites for hydroxylation is 1. The Morgan fingerprint density at radius 2 is 2.40 bits per heavy atom. The molecule has 4 nitrogen and oxygen atoms in total. The number of pyridine rings is 1. The molecule has 1 aliphatic heterocycles. The summed E-state index contributed by atoms with van der Waals surface area (Å²) >= 11 is 3.39. The van der Waals surface area contributed by atoms with Crippen molar-refractivity contribution in [2.24, 2.45) is 0 Å². The maximum Gasteiger partial charge on any atom is 0.126 e. The third-order valence-corrected chi connectivity index (χ3v) is 3.26. The van der Waals surface area contributed by atoms with Gasteiger partial charge in [-0.25, -0.2) is 4.98 Å². The molecule has 0 unspecified atom stereocenters. The van der Waals surface area contributed by atoms with Crippen LogP contribution in [0.15, 0.2) is 16.7 Å². The number of nitrogens with one attached hydrogen (secondary N) is 1. The van der Waals surface area contributed by atoms with E-state index in [1.54, 1.807) is 6.20 Å². The highest BCUT2D eigenvalue weighted by atomic mass is 79.9. The van der Waals surface area contributed by atoms with Crippen LogP contribution in [0, 0.1) is 6.92 Å². The number of hydrogen-bond donors (Lipinski definition) is 2. The van der Waals surface area contributed by atoms with Gasteiger partial charge in [-0.2, -0.15) is 0 Å². The van der Waals surface area contributed by atoms with E-state index in [0.717, 1.165) is 15.9 Å². The fraction of sp³-hybridized carbons (Fsp3) is 0.500. The maximum atomic E-state index is 9.55. The molecule has 1 aliphatic rings. The van der Waals surface area contributed by atoms with Crippen molar-refractivity contribution in [2.75, 3.05) is 18.5 Å². The van der Waals surface area contributed by atoms with Crippen LogP contribution in [0.2, 0.25) is 0 Å². The van der Waals surface area contributed by atoms with Gasteiger partial charge in [0.25, 0.3) is 0 Å². The average molecular weight is 273 g/mol. The Kier molecular flexibility index (Phi) is 3.23. The number of ether oxygens (including phenoxy) is 1. The summed E-state index contributed by atoms with van der Waals surface area (Å²) in [7, 11) is 0.